The molecule has 0 aromatic heterocycles. The second-order valence-electron chi connectivity index (χ2n) is 5.48. The van der Waals surface area contributed by atoms with Crippen LogP contribution in [0.4, 0.5) is 4.79 Å². The fourth-order valence-electron chi connectivity index (χ4n) is 2.62. The maximum atomic E-state index is 12.7. The first-order valence-corrected chi connectivity index (χ1v) is 9.02. The third-order valence-corrected chi connectivity index (χ3v) is 5.78. The highest BCUT2D eigenvalue weighted by Crippen LogP contribution is 2.19. The Kier molecular flexibility index (Phi) is 5.42. The first-order chi connectivity index (χ1) is 10.4. The third-order valence-electron chi connectivity index (χ3n) is 3.87. The minimum atomic E-state index is -3.51. The minimum absolute atomic E-state index is 0.280. The number of hydrogen-bond donors (Lipinski definition) is 1. The Balaban J connectivity index is 2.14. The number of aryl methyl sites for hydroxylation is 1. The van der Waals surface area contributed by atoms with Gasteiger partial charge in [0.25, 0.3) is 0 Å². The lowest BCUT2D eigenvalue weighted by atomic mass is 10.1. The van der Waals surface area contributed by atoms with E-state index in [2.05, 4.69) is 6.92 Å². The standard InChI is InChI=1S/C15H23N3O3S/c1-2-4-13-5-7-14(8-6-13)22(20,21)18-10-3-9-17(11-12-18)15(16)19/h5-8H,2-4,9-12H2,1H3,(H2,16,19). The van der Waals surface area contributed by atoms with E-state index in [1.54, 1.807) is 12.1 Å². The van der Waals surface area contributed by atoms with Gasteiger partial charge in [0.05, 0.1) is 4.90 Å². The van der Waals surface area contributed by atoms with Crippen LogP contribution in [0.2, 0.25) is 0 Å². The molecule has 122 valence electrons. The quantitative estimate of drug-likeness (QED) is 0.908. The highest BCUT2D eigenvalue weighted by molar-refractivity contribution is 7.89. The van der Waals surface area contributed by atoms with Crippen LogP contribution in [-0.4, -0.2) is 49.8 Å². The average Bonchev–Trinajstić information content (AvgIpc) is 2.74. The highest BCUT2D eigenvalue weighted by atomic mass is 32.2. The molecule has 2 rings (SSSR count). The number of urea groups is 1. The van der Waals surface area contributed by atoms with E-state index in [1.807, 2.05) is 12.1 Å². The van der Waals surface area contributed by atoms with E-state index >= 15 is 0 Å². The first kappa shape index (κ1) is 16.8. The van der Waals surface area contributed by atoms with Gasteiger partial charge in [-0.2, -0.15) is 4.31 Å². The lowest BCUT2D eigenvalue weighted by Gasteiger charge is -2.21. The zero-order valence-electron chi connectivity index (χ0n) is 12.9. The molecule has 1 fully saturated rings. The van der Waals surface area contributed by atoms with Crippen LogP contribution in [0.5, 0.6) is 0 Å². The van der Waals surface area contributed by atoms with Crippen LogP contribution in [0.25, 0.3) is 0 Å². The fourth-order valence-corrected chi connectivity index (χ4v) is 4.09. The van der Waals surface area contributed by atoms with Gasteiger partial charge in [-0.25, -0.2) is 13.2 Å². The van der Waals surface area contributed by atoms with Gasteiger partial charge in [-0.05, 0) is 30.5 Å². The van der Waals surface area contributed by atoms with Crippen molar-refractivity contribution in [3.63, 3.8) is 0 Å². The summed E-state index contributed by atoms with van der Waals surface area (Å²) in [6.45, 7) is 3.61. The Hall–Kier alpha value is -1.60. The average molecular weight is 325 g/mol. The number of carbonyl (C=O) groups is 1. The van der Waals surface area contributed by atoms with Crippen molar-refractivity contribution in [1.29, 1.82) is 0 Å². The molecule has 1 aromatic carbocycles. The number of carbonyl (C=O) groups excluding carboxylic acids is 1. The van der Waals surface area contributed by atoms with Crippen LogP contribution in [-0.2, 0) is 16.4 Å². The molecule has 0 spiro atoms. The topological polar surface area (TPSA) is 83.7 Å². The molecule has 0 atom stereocenters. The van der Waals surface area contributed by atoms with Crippen LogP contribution >= 0.6 is 0 Å². The molecule has 1 aliphatic rings. The SMILES string of the molecule is CCCc1ccc(S(=O)(=O)N2CCCN(C(N)=O)CC2)cc1. The van der Waals surface area contributed by atoms with E-state index < -0.39 is 16.1 Å². The molecule has 1 aliphatic heterocycles. The van der Waals surface area contributed by atoms with Crippen molar-refractivity contribution in [2.45, 2.75) is 31.1 Å². The molecule has 0 bridgehead atoms. The zero-order valence-corrected chi connectivity index (χ0v) is 13.7. The Labute approximate surface area is 131 Å². The van der Waals surface area contributed by atoms with Crippen molar-refractivity contribution in [1.82, 2.24) is 9.21 Å². The molecule has 2 amide bonds. The molecule has 7 heteroatoms. The summed E-state index contributed by atoms with van der Waals surface area (Å²) in [7, 11) is -3.51. The maximum Gasteiger partial charge on any atom is 0.314 e. The summed E-state index contributed by atoms with van der Waals surface area (Å²) in [6, 6.07) is 6.56. The van der Waals surface area contributed by atoms with Gasteiger partial charge in [0.2, 0.25) is 10.0 Å². The number of benzene rings is 1. The van der Waals surface area contributed by atoms with Crippen molar-refractivity contribution >= 4 is 16.1 Å². The fraction of sp³-hybridized carbons (Fsp3) is 0.533. The molecule has 0 unspecified atom stereocenters. The largest absolute Gasteiger partial charge is 0.351 e. The molecule has 0 saturated carbocycles. The second-order valence-corrected chi connectivity index (χ2v) is 7.41. The summed E-state index contributed by atoms with van der Waals surface area (Å²) in [5, 5.41) is 0. The van der Waals surface area contributed by atoms with Gasteiger partial charge >= 0.3 is 6.03 Å². The predicted octanol–water partition coefficient (Wildman–Crippen LogP) is 1.41. The molecule has 0 aliphatic carbocycles. The number of nitrogens with two attached hydrogens (primary N) is 1. The lowest BCUT2D eigenvalue weighted by molar-refractivity contribution is 0.210. The molecular weight excluding hydrogens is 302 g/mol. The van der Waals surface area contributed by atoms with E-state index in [1.165, 1.54) is 9.21 Å². The van der Waals surface area contributed by atoms with Crippen molar-refractivity contribution in [3.8, 4) is 0 Å². The number of rotatable bonds is 4. The van der Waals surface area contributed by atoms with Crippen molar-refractivity contribution < 1.29 is 13.2 Å². The first-order valence-electron chi connectivity index (χ1n) is 7.58. The summed E-state index contributed by atoms with van der Waals surface area (Å²) in [5.74, 6) is 0. The van der Waals surface area contributed by atoms with Gasteiger partial charge in [0.15, 0.2) is 0 Å². The van der Waals surface area contributed by atoms with Gasteiger partial charge in [0, 0.05) is 26.2 Å². The minimum Gasteiger partial charge on any atom is -0.351 e. The molecule has 0 radical (unpaired) electrons. The van der Waals surface area contributed by atoms with Crippen molar-refractivity contribution in [3.05, 3.63) is 29.8 Å². The van der Waals surface area contributed by atoms with E-state index in [9.17, 15) is 13.2 Å². The van der Waals surface area contributed by atoms with Gasteiger partial charge in [0.1, 0.15) is 0 Å². The van der Waals surface area contributed by atoms with Crippen LogP contribution in [0.3, 0.4) is 0 Å². The molecule has 6 nitrogen and oxygen atoms in total. The number of sulfonamides is 1. The van der Waals surface area contributed by atoms with Gasteiger partial charge in [-0.15, -0.1) is 0 Å². The molecular formula is C15H23N3O3S. The van der Waals surface area contributed by atoms with Crippen LogP contribution in [0, 0.1) is 0 Å². The van der Waals surface area contributed by atoms with E-state index in [-0.39, 0.29) is 6.54 Å². The summed E-state index contributed by atoms with van der Waals surface area (Å²) >= 11 is 0. The van der Waals surface area contributed by atoms with E-state index in [4.69, 9.17) is 5.73 Å². The Bertz CT molecular complexity index is 613. The van der Waals surface area contributed by atoms with Gasteiger partial charge < -0.3 is 10.6 Å². The number of amides is 2. The maximum absolute atomic E-state index is 12.7. The lowest BCUT2D eigenvalue weighted by Crippen LogP contribution is -2.39. The van der Waals surface area contributed by atoms with Gasteiger partial charge in [-0.1, -0.05) is 25.5 Å². The zero-order chi connectivity index (χ0) is 16.2. The summed E-state index contributed by atoms with van der Waals surface area (Å²) in [6.07, 6.45) is 2.56. The number of primary amides is 1. The van der Waals surface area contributed by atoms with E-state index in [0.29, 0.717) is 31.0 Å². The molecule has 22 heavy (non-hydrogen) atoms. The summed E-state index contributed by atoms with van der Waals surface area (Å²) in [4.78, 5) is 13.0. The molecule has 1 heterocycles. The Morgan fingerprint density at radius 2 is 1.82 bits per heavy atom. The highest BCUT2D eigenvalue weighted by Gasteiger charge is 2.27. The normalized spacial score (nSPS) is 17.2. The van der Waals surface area contributed by atoms with Crippen LogP contribution in [0.1, 0.15) is 25.3 Å². The molecule has 1 aromatic rings. The Morgan fingerprint density at radius 1 is 1.14 bits per heavy atom. The number of nitrogens with zero attached hydrogens (tertiary/aromatic N) is 2. The molecule has 1 saturated heterocycles. The van der Waals surface area contributed by atoms with E-state index in [0.717, 1.165) is 18.4 Å². The van der Waals surface area contributed by atoms with Crippen molar-refractivity contribution in [2.75, 3.05) is 26.2 Å². The van der Waals surface area contributed by atoms with Gasteiger partial charge in [-0.3, -0.25) is 0 Å². The Morgan fingerprint density at radius 3 is 2.41 bits per heavy atom. The van der Waals surface area contributed by atoms with Crippen LogP contribution < -0.4 is 5.73 Å². The van der Waals surface area contributed by atoms with Crippen molar-refractivity contribution in [2.24, 2.45) is 5.73 Å². The molecule has 2 N–H and O–H groups in total. The third kappa shape index (κ3) is 3.78. The smallest absolute Gasteiger partial charge is 0.314 e. The summed E-state index contributed by atoms with van der Waals surface area (Å²) in [5.41, 5.74) is 6.40. The summed E-state index contributed by atoms with van der Waals surface area (Å²) < 4.78 is 26.8. The second kappa shape index (κ2) is 7.11. The predicted molar refractivity (Wildman–Crippen MR) is 85.0 cm³/mol. The van der Waals surface area contributed by atoms with Crippen LogP contribution in [0.15, 0.2) is 29.2 Å². The number of hydrogen-bond acceptors (Lipinski definition) is 3. The monoisotopic (exact) mass is 325 g/mol.